The molecule has 0 bridgehead atoms. The van der Waals surface area contributed by atoms with Gasteiger partial charge in [-0.15, -0.1) is 0 Å². The summed E-state index contributed by atoms with van der Waals surface area (Å²) in [6.45, 7) is 0.307. The average molecular weight is 274 g/mol. The normalized spacial score (nSPS) is 11.9. The molecule has 0 spiro atoms. The van der Waals surface area contributed by atoms with Crippen molar-refractivity contribution in [2.45, 2.75) is 5.92 Å². The lowest BCUT2D eigenvalue weighted by molar-refractivity contribution is 0.201. The van der Waals surface area contributed by atoms with Gasteiger partial charge in [0.25, 0.3) is 0 Å². The molecule has 4 nitrogen and oxygen atoms in total. The molecule has 0 aliphatic heterocycles. The Balaban J connectivity index is 2.05. The molecule has 2 aromatic rings. The first-order chi connectivity index (χ1) is 9.74. The maximum Gasteiger partial charge on any atom is 0.161 e. The summed E-state index contributed by atoms with van der Waals surface area (Å²) < 4.78 is 10.9. The number of hydrogen-bond donors (Lipinski definition) is 2. The van der Waals surface area contributed by atoms with Crippen LogP contribution in [0.5, 0.6) is 17.2 Å². The predicted molar refractivity (Wildman–Crippen MR) is 76.4 cm³/mol. The van der Waals surface area contributed by atoms with Gasteiger partial charge in [0, 0.05) is 5.92 Å². The SMILES string of the molecule is COc1ccccc1OCC(CO)c1ccc(O)cc1. The summed E-state index contributed by atoms with van der Waals surface area (Å²) in [5.74, 6) is 1.36. The number of rotatable bonds is 6. The third kappa shape index (κ3) is 3.42. The molecule has 0 radical (unpaired) electrons. The lowest BCUT2D eigenvalue weighted by Crippen LogP contribution is -2.14. The molecule has 0 amide bonds. The maximum absolute atomic E-state index is 9.48. The van der Waals surface area contributed by atoms with Crippen LogP contribution >= 0.6 is 0 Å². The summed E-state index contributed by atoms with van der Waals surface area (Å²) in [5, 5.41) is 18.8. The van der Waals surface area contributed by atoms with E-state index in [1.165, 1.54) is 0 Å². The van der Waals surface area contributed by atoms with E-state index in [1.54, 1.807) is 31.4 Å². The number of phenolic OH excluding ortho intramolecular Hbond substituents is 1. The Morgan fingerprint density at radius 3 is 2.25 bits per heavy atom. The highest BCUT2D eigenvalue weighted by Crippen LogP contribution is 2.27. The van der Waals surface area contributed by atoms with Crippen LogP contribution in [0.2, 0.25) is 0 Å². The molecule has 0 saturated carbocycles. The van der Waals surface area contributed by atoms with Crippen molar-refractivity contribution in [1.29, 1.82) is 0 Å². The number of hydrogen-bond acceptors (Lipinski definition) is 4. The van der Waals surface area contributed by atoms with Crippen molar-refractivity contribution in [3.8, 4) is 17.2 Å². The first kappa shape index (κ1) is 14.2. The van der Waals surface area contributed by atoms with Gasteiger partial charge in [0.1, 0.15) is 5.75 Å². The second-order valence-corrected chi connectivity index (χ2v) is 4.43. The van der Waals surface area contributed by atoms with Crippen LogP contribution in [0.1, 0.15) is 11.5 Å². The number of methoxy groups -OCH3 is 1. The fraction of sp³-hybridized carbons (Fsp3) is 0.250. The number of phenols is 1. The van der Waals surface area contributed by atoms with Gasteiger partial charge in [-0.05, 0) is 29.8 Å². The fourth-order valence-electron chi connectivity index (χ4n) is 1.93. The molecule has 106 valence electrons. The summed E-state index contributed by atoms with van der Waals surface area (Å²) >= 11 is 0. The van der Waals surface area contributed by atoms with Gasteiger partial charge < -0.3 is 19.7 Å². The van der Waals surface area contributed by atoms with E-state index < -0.39 is 0 Å². The van der Waals surface area contributed by atoms with E-state index in [0.717, 1.165) is 5.56 Å². The minimum Gasteiger partial charge on any atom is -0.508 e. The lowest BCUT2D eigenvalue weighted by Gasteiger charge is -2.17. The van der Waals surface area contributed by atoms with E-state index in [9.17, 15) is 10.2 Å². The van der Waals surface area contributed by atoms with Crippen LogP contribution in [0.15, 0.2) is 48.5 Å². The third-order valence-electron chi connectivity index (χ3n) is 3.09. The van der Waals surface area contributed by atoms with Crippen LogP contribution in [0, 0.1) is 0 Å². The molecular weight excluding hydrogens is 256 g/mol. The van der Waals surface area contributed by atoms with Gasteiger partial charge in [0.15, 0.2) is 11.5 Å². The van der Waals surface area contributed by atoms with Crippen molar-refractivity contribution in [2.24, 2.45) is 0 Å². The Bertz CT molecular complexity index is 536. The fourth-order valence-corrected chi connectivity index (χ4v) is 1.93. The molecule has 1 unspecified atom stereocenters. The Hall–Kier alpha value is -2.20. The molecule has 0 fully saturated rings. The summed E-state index contributed by atoms with van der Waals surface area (Å²) in [4.78, 5) is 0. The highest BCUT2D eigenvalue weighted by atomic mass is 16.5. The van der Waals surface area contributed by atoms with Crippen LogP contribution in [-0.4, -0.2) is 30.5 Å². The highest BCUT2D eigenvalue weighted by Gasteiger charge is 2.13. The van der Waals surface area contributed by atoms with E-state index in [1.807, 2.05) is 24.3 Å². The lowest BCUT2D eigenvalue weighted by atomic mass is 10.0. The third-order valence-corrected chi connectivity index (χ3v) is 3.09. The zero-order chi connectivity index (χ0) is 14.4. The second-order valence-electron chi connectivity index (χ2n) is 4.43. The predicted octanol–water partition coefficient (Wildman–Crippen LogP) is 2.56. The maximum atomic E-state index is 9.48. The van der Waals surface area contributed by atoms with Gasteiger partial charge in [0.05, 0.1) is 20.3 Å². The molecular formula is C16H18O4. The molecule has 0 heterocycles. The van der Waals surface area contributed by atoms with E-state index >= 15 is 0 Å². The Labute approximate surface area is 118 Å². The molecule has 0 aliphatic rings. The zero-order valence-corrected chi connectivity index (χ0v) is 11.3. The number of aliphatic hydroxyl groups excluding tert-OH is 1. The molecule has 2 N–H and O–H groups in total. The van der Waals surface area contributed by atoms with Crippen molar-refractivity contribution in [1.82, 2.24) is 0 Å². The number of aromatic hydroxyl groups is 1. The van der Waals surface area contributed by atoms with Gasteiger partial charge >= 0.3 is 0 Å². The van der Waals surface area contributed by atoms with Gasteiger partial charge in [-0.25, -0.2) is 0 Å². The van der Waals surface area contributed by atoms with Crippen LogP contribution in [0.3, 0.4) is 0 Å². The van der Waals surface area contributed by atoms with Crippen molar-refractivity contribution in [3.63, 3.8) is 0 Å². The summed E-state index contributed by atoms with van der Waals surface area (Å²) in [7, 11) is 1.59. The van der Waals surface area contributed by atoms with Crippen LogP contribution in [0.25, 0.3) is 0 Å². The minimum absolute atomic E-state index is 0.0279. The van der Waals surface area contributed by atoms with Crippen molar-refractivity contribution >= 4 is 0 Å². The van der Waals surface area contributed by atoms with E-state index in [2.05, 4.69) is 0 Å². The van der Waals surface area contributed by atoms with Crippen LogP contribution < -0.4 is 9.47 Å². The molecule has 0 aliphatic carbocycles. The largest absolute Gasteiger partial charge is 0.508 e. The standard InChI is InChI=1S/C16H18O4/c1-19-15-4-2-3-5-16(15)20-11-13(10-17)12-6-8-14(18)9-7-12/h2-9,13,17-18H,10-11H2,1H3. The zero-order valence-electron chi connectivity index (χ0n) is 11.3. The van der Waals surface area contributed by atoms with Crippen molar-refractivity contribution in [2.75, 3.05) is 20.3 Å². The van der Waals surface area contributed by atoms with Crippen molar-refractivity contribution < 1.29 is 19.7 Å². The molecule has 0 saturated heterocycles. The topological polar surface area (TPSA) is 58.9 Å². The summed E-state index contributed by atoms with van der Waals surface area (Å²) in [5.41, 5.74) is 0.917. The Kier molecular flexibility index (Phi) is 4.85. The molecule has 2 rings (SSSR count). The van der Waals surface area contributed by atoms with Gasteiger partial charge in [-0.2, -0.15) is 0 Å². The van der Waals surface area contributed by atoms with Crippen molar-refractivity contribution in [3.05, 3.63) is 54.1 Å². The highest BCUT2D eigenvalue weighted by molar-refractivity contribution is 5.39. The average Bonchev–Trinajstić information content (AvgIpc) is 2.50. The van der Waals surface area contributed by atoms with Gasteiger partial charge in [-0.3, -0.25) is 0 Å². The molecule has 2 aromatic carbocycles. The minimum atomic E-state index is -0.152. The Morgan fingerprint density at radius 1 is 1.00 bits per heavy atom. The second kappa shape index (κ2) is 6.82. The summed E-state index contributed by atoms with van der Waals surface area (Å²) in [6, 6.07) is 14.1. The smallest absolute Gasteiger partial charge is 0.161 e. The number of benzene rings is 2. The summed E-state index contributed by atoms with van der Waals surface area (Å²) in [6.07, 6.45) is 0. The van der Waals surface area contributed by atoms with E-state index in [4.69, 9.17) is 9.47 Å². The number of para-hydroxylation sites is 2. The van der Waals surface area contributed by atoms with E-state index in [-0.39, 0.29) is 18.3 Å². The van der Waals surface area contributed by atoms with Crippen LogP contribution in [-0.2, 0) is 0 Å². The van der Waals surface area contributed by atoms with Gasteiger partial charge in [-0.1, -0.05) is 24.3 Å². The molecule has 20 heavy (non-hydrogen) atoms. The Morgan fingerprint density at radius 2 is 1.65 bits per heavy atom. The molecule has 4 heteroatoms. The van der Waals surface area contributed by atoms with E-state index in [0.29, 0.717) is 18.1 Å². The number of ether oxygens (including phenoxy) is 2. The van der Waals surface area contributed by atoms with Gasteiger partial charge in [0.2, 0.25) is 0 Å². The monoisotopic (exact) mass is 274 g/mol. The molecule has 0 aromatic heterocycles. The first-order valence-electron chi connectivity index (χ1n) is 6.40. The number of aliphatic hydroxyl groups is 1. The van der Waals surface area contributed by atoms with Crippen LogP contribution in [0.4, 0.5) is 0 Å². The quantitative estimate of drug-likeness (QED) is 0.850. The first-order valence-corrected chi connectivity index (χ1v) is 6.40. The molecule has 1 atom stereocenters.